The molecular weight excluding hydrogens is 286 g/mol. The van der Waals surface area contributed by atoms with Gasteiger partial charge in [0, 0.05) is 11.6 Å². The molecule has 0 fully saturated rings. The van der Waals surface area contributed by atoms with Crippen LogP contribution >= 0.6 is 0 Å². The molecule has 0 aliphatic heterocycles. The van der Waals surface area contributed by atoms with Crippen molar-refractivity contribution in [1.82, 2.24) is 4.98 Å². The lowest BCUT2D eigenvalue weighted by Gasteiger charge is -2.33. The van der Waals surface area contributed by atoms with Crippen LogP contribution in [0.3, 0.4) is 0 Å². The third-order valence-corrected chi connectivity index (χ3v) is 2.87. The zero-order chi connectivity index (χ0) is 15.5. The molecule has 1 aromatic heterocycles. The summed E-state index contributed by atoms with van der Waals surface area (Å²) >= 11 is 0. The molecule has 1 atom stereocenters. The highest BCUT2D eigenvalue weighted by Gasteiger charge is 2.57. The summed E-state index contributed by atoms with van der Waals surface area (Å²) in [7, 11) is 0. The first-order valence-electron chi connectivity index (χ1n) is 5.96. The SMILES string of the molecule is C=CC(Oc1cccc(F)n1)(c1ccccc1)C(F)(F)F. The van der Waals surface area contributed by atoms with Gasteiger partial charge in [-0.25, -0.2) is 0 Å². The number of benzene rings is 1. The van der Waals surface area contributed by atoms with Crippen LogP contribution in [0.5, 0.6) is 5.88 Å². The van der Waals surface area contributed by atoms with Gasteiger partial charge in [0.15, 0.2) is 0 Å². The molecule has 0 aliphatic carbocycles. The van der Waals surface area contributed by atoms with Gasteiger partial charge in [0.2, 0.25) is 17.4 Å². The van der Waals surface area contributed by atoms with E-state index in [1.165, 1.54) is 30.3 Å². The van der Waals surface area contributed by atoms with Gasteiger partial charge >= 0.3 is 6.18 Å². The number of halogens is 4. The molecule has 1 aromatic carbocycles. The van der Waals surface area contributed by atoms with Gasteiger partial charge in [0.25, 0.3) is 0 Å². The molecule has 0 spiro atoms. The predicted molar refractivity (Wildman–Crippen MR) is 69.2 cm³/mol. The number of hydrogen-bond acceptors (Lipinski definition) is 2. The normalized spacial score (nSPS) is 14.3. The van der Waals surface area contributed by atoms with Crippen LogP contribution in [-0.2, 0) is 5.60 Å². The quantitative estimate of drug-likeness (QED) is 0.478. The van der Waals surface area contributed by atoms with Crippen LogP contribution in [0.2, 0.25) is 0 Å². The summed E-state index contributed by atoms with van der Waals surface area (Å²) in [5, 5.41) is 0. The first kappa shape index (κ1) is 15.0. The van der Waals surface area contributed by atoms with Gasteiger partial charge in [-0.1, -0.05) is 43.0 Å². The average Bonchev–Trinajstić information content (AvgIpc) is 2.44. The van der Waals surface area contributed by atoms with Crippen molar-refractivity contribution in [3.8, 4) is 5.88 Å². The van der Waals surface area contributed by atoms with E-state index in [9.17, 15) is 17.6 Å². The highest BCUT2D eigenvalue weighted by atomic mass is 19.4. The predicted octanol–water partition coefficient (Wildman–Crippen LogP) is 4.24. The zero-order valence-corrected chi connectivity index (χ0v) is 10.8. The Morgan fingerprint density at radius 3 is 2.19 bits per heavy atom. The second-order valence-electron chi connectivity index (χ2n) is 4.20. The van der Waals surface area contributed by atoms with E-state index < -0.39 is 23.6 Å². The maximum atomic E-state index is 13.5. The molecule has 110 valence electrons. The largest absolute Gasteiger partial charge is 0.452 e. The van der Waals surface area contributed by atoms with Crippen molar-refractivity contribution in [2.45, 2.75) is 11.8 Å². The van der Waals surface area contributed by atoms with Crippen LogP contribution in [0.4, 0.5) is 17.6 Å². The molecule has 1 heterocycles. The summed E-state index contributed by atoms with van der Waals surface area (Å²) in [5.41, 5.74) is -2.96. The lowest BCUT2D eigenvalue weighted by molar-refractivity contribution is -0.235. The maximum Gasteiger partial charge on any atom is 0.436 e. The van der Waals surface area contributed by atoms with Crippen LogP contribution in [0, 0.1) is 5.95 Å². The van der Waals surface area contributed by atoms with Crippen molar-refractivity contribution in [2.24, 2.45) is 0 Å². The second-order valence-corrected chi connectivity index (χ2v) is 4.20. The number of aromatic nitrogens is 1. The van der Waals surface area contributed by atoms with E-state index in [1.54, 1.807) is 6.07 Å². The first-order valence-corrected chi connectivity index (χ1v) is 5.96. The minimum atomic E-state index is -4.79. The highest BCUT2D eigenvalue weighted by molar-refractivity contribution is 5.31. The van der Waals surface area contributed by atoms with Crippen LogP contribution in [-0.4, -0.2) is 11.2 Å². The molecular formula is C15H11F4NO. The first-order chi connectivity index (χ1) is 9.89. The summed E-state index contributed by atoms with van der Waals surface area (Å²) in [6, 6.07) is 10.4. The van der Waals surface area contributed by atoms with Gasteiger partial charge in [-0.2, -0.15) is 22.5 Å². The number of nitrogens with zero attached hydrogens (tertiary/aromatic N) is 1. The van der Waals surface area contributed by atoms with Crippen molar-refractivity contribution in [3.63, 3.8) is 0 Å². The number of ether oxygens (including phenoxy) is 1. The van der Waals surface area contributed by atoms with E-state index in [1.807, 2.05) is 0 Å². The molecule has 6 heteroatoms. The number of alkyl halides is 3. The lowest BCUT2D eigenvalue weighted by Crippen LogP contribution is -2.46. The smallest absolute Gasteiger partial charge is 0.436 e. The lowest BCUT2D eigenvalue weighted by atomic mass is 9.93. The monoisotopic (exact) mass is 297 g/mol. The fraction of sp³-hybridized carbons (Fsp3) is 0.133. The highest BCUT2D eigenvalue weighted by Crippen LogP contribution is 2.43. The fourth-order valence-electron chi connectivity index (χ4n) is 1.85. The van der Waals surface area contributed by atoms with Gasteiger partial charge in [-0.15, -0.1) is 0 Å². The summed E-state index contributed by atoms with van der Waals surface area (Å²) < 4.78 is 58.6. The summed E-state index contributed by atoms with van der Waals surface area (Å²) in [4.78, 5) is 3.31. The molecule has 0 bridgehead atoms. The molecule has 2 nitrogen and oxygen atoms in total. The Bertz CT molecular complexity index is 627. The Hall–Kier alpha value is -2.37. The number of pyridine rings is 1. The Morgan fingerprint density at radius 1 is 1.00 bits per heavy atom. The van der Waals surface area contributed by atoms with E-state index >= 15 is 0 Å². The Balaban J connectivity index is 2.54. The molecule has 0 saturated heterocycles. The fourth-order valence-corrected chi connectivity index (χ4v) is 1.85. The van der Waals surface area contributed by atoms with Crippen LogP contribution in [0.1, 0.15) is 5.56 Å². The van der Waals surface area contributed by atoms with E-state index in [0.29, 0.717) is 6.08 Å². The molecule has 0 aliphatic rings. The summed E-state index contributed by atoms with van der Waals surface area (Å²) in [6.45, 7) is 3.23. The van der Waals surface area contributed by atoms with E-state index in [0.717, 1.165) is 12.1 Å². The van der Waals surface area contributed by atoms with Gasteiger partial charge in [0.1, 0.15) is 0 Å². The molecule has 0 radical (unpaired) electrons. The van der Waals surface area contributed by atoms with E-state index in [2.05, 4.69) is 11.6 Å². The van der Waals surface area contributed by atoms with Crippen LogP contribution in [0.15, 0.2) is 61.2 Å². The van der Waals surface area contributed by atoms with Crippen molar-refractivity contribution in [1.29, 1.82) is 0 Å². The van der Waals surface area contributed by atoms with Gasteiger partial charge in [-0.3, -0.25) is 0 Å². The van der Waals surface area contributed by atoms with Crippen LogP contribution < -0.4 is 4.74 Å². The molecule has 0 amide bonds. The molecule has 2 rings (SSSR count). The molecule has 0 N–H and O–H groups in total. The summed E-state index contributed by atoms with van der Waals surface area (Å²) in [6.07, 6.45) is -4.15. The van der Waals surface area contributed by atoms with E-state index in [-0.39, 0.29) is 5.56 Å². The molecule has 1 unspecified atom stereocenters. The van der Waals surface area contributed by atoms with Crippen molar-refractivity contribution >= 4 is 0 Å². The minimum absolute atomic E-state index is 0.168. The van der Waals surface area contributed by atoms with Crippen molar-refractivity contribution in [3.05, 3.63) is 72.7 Å². The van der Waals surface area contributed by atoms with E-state index in [4.69, 9.17) is 4.74 Å². The standard InChI is InChI=1S/C15H11F4NO/c1-2-14(15(17,18)19,11-7-4-3-5-8-11)21-13-10-6-9-12(16)20-13/h2-10H,1H2. The van der Waals surface area contributed by atoms with Gasteiger partial charge in [-0.05, 0) is 12.1 Å². The summed E-state index contributed by atoms with van der Waals surface area (Å²) in [5.74, 6) is -1.41. The molecule has 21 heavy (non-hydrogen) atoms. The average molecular weight is 297 g/mol. The van der Waals surface area contributed by atoms with Gasteiger partial charge in [0.05, 0.1) is 0 Å². The third-order valence-electron chi connectivity index (χ3n) is 2.87. The number of rotatable bonds is 4. The number of hydrogen-bond donors (Lipinski definition) is 0. The van der Waals surface area contributed by atoms with Crippen molar-refractivity contribution in [2.75, 3.05) is 0 Å². The zero-order valence-electron chi connectivity index (χ0n) is 10.8. The Labute approximate surface area is 118 Å². The topological polar surface area (TPSA) is 22.1 Å². The molecule has 0 saturated carbocycles. The Kier molecular flexibility index (Phi) is 3.97. The minimum Gasteiger partial charge on any atom is -0.452 e. The van der Waals surface area contributed by atoms with Crippen LogP contribution in [0.25, 0.3) is 0 Å². The molecule has 2 aromatic rings. The maximum absolute atomic E-state index is 13.5. The van der Waals surface area contributed by atoms with Gasteiger partial charge < -0.3 is 4.74 Å². The van der Waals surface area contributed by atoms with Crippen molar-refractivity contribution < 1.29 is 22.3 Å². The third kappa shape index (κ3) is 2.89. The second kappa shape index (κ2) is 5.55. The Morgan fingerprint density at radius 2 is 1.67 bits per heavy atom.